The number of halogens is 2. The van der Waals surface area contributed by atoms with Crippen molar-refractivity contribution >= 4 is 29.2 Å². The fraction of sp³-hybridized carbons (Fsp3) is 0.133. The van der Waals surface area contributed by atoms with E-state index in [0.29, 0.717) is 22.2 Å². The van der Waals surface area contributed by atoms with Crippen LogP contribution in [0.4, 0.5) is 0 Å². The van der Waals surface area contributed by atoms with Gasteiger partial charge >= 0.3 is 5.97 Å². The molecule has 104 valence electrons. The number of nitrogens with one attached hydrogen (secondary N) is 1. The summed E-state index contributed by atoms with van der Waals surface area (Å²) < 4.78 is 0. The second kappa shape index (κ2) is 6.75. The molecule has 0 aliphatic carbocycles. The smallest absolute Gasteiger partial charge is 0.325 e. The van der Waals surface area contributed by atoms with E-state index in [4.69, 9.17) is 23.2 Å². The van der Waals surface area contributed by atoms with Crippen molar-refractivity contribution in [3.8, 4) is 0 Å². The lowest BCUT2D eigenvalue weighted by atomic mass is 10.1. The molecule has 0 aromatic heterocycles. The van der Waals surface area contributed by atoms with Crippen molar-refractivity contribution in [3.63, 3.8) is 0 Å². The maximum absolute atomic E-state index is 11.4. The Balaban J connectivity index is 2.14. The first-order valence-corrected chi connectivity index (χ1v) is 6.79. The largest absolute Gasteiger partial charge is 0.480 e. The molecule has 2 aromatic rings. The molecule has 3 nitrogen and oxygen atoms in total. The third kappa shape index (κ3) is 3.51. The van der Waals surface area contributed by atoms with Gasteiger partial charge in [0.1, 0.15) is 6.04 Å². The van der Waals surface area contributed by atoms with Gasteiger partial charge in [0.25, 0.3) is 0 Å². The number of rotatable bonds is 5. The first-order chi connectivity index (χ1) is 9.59. The number of hydrogen-bond acceptors (Lipinski definition) is 2. The number of hydrogen-bond donors (Lipinski definition) is 2. The molecule has 0 bridgehead atoms. The average Bonchev–Trinajstić information content (AvgIpc) is 2.44. The van der Waals surface area contributed by atoms with Crippen LogP contribution in [0, 0.1) is 0 Å². The van der Waals surface area contributed by atoms with E-state index >= 15 is 0 Å². The molecule has 2 N–H and O–H groups in total. The van der Waals surface area contributed by atoms with E-state index in [9.17, 15) is 9.90 Å². The minimum Gasteiger partial charge on any atom is -0.480 e. The van der Waals surface area contributed by atoms with Gasteiger partial charge in [-0.1, -0.05) is 65.7 Å². The summed E-state index contributed by atoms with van der Waals surface area (Å²) in [5.41, 5.74) is 1.46. The van der Waals surface area contributed by atoms with Crippen LogP contribution in [0.25, 0.3) is 0 Å². The molecule has 0 radical (unpaired) electrons. The Kier molecular flexibility index (Phi) is 5.01. The molecule has 0 fully saturated rings. The maximum atomic E-state index is 11.4. The van der Waals surface area contributed by atoms with Crippen LogP contribution in [0.3, 0.4) is 0 Å². The van der Waals surface area contributed by atoms with Crippen LogP contribution in [0.1, 0.15) is 17.2 Å². The average molecular weight is 310 g/mol. The maximum Gasteiger partial charge on any atom is 0.325 e. The Morgan fingerprint density at radius 2 is 1.80 bits per heavy atom. The Morgan fingerprint density at radius 3 is 2.45 bits per heavy atom. The van der Waals surface area contributed by atoms with Crippen LogP contribution in [-0.4, -0.2) is 11.1 Å². The normalized spacial score (nSPS) is 12.1. The predicted molar refractivity (Wildman–Crippen MR) is 80.1 cm³/mol. The summed E-state index contributed by atoms with van der Waals surface area (Å²) in [6.07, 6.45) is 0. The SMILES string of the molecule is O=C(O)C(NCc1cccc(Cl)c1Cl)c1ccccc1. The lowest BCUT2D eigenvalue weighted by Gasteiger charge is -2.15. The molecule has 0 aliphatic heterocycles. The van der Waals surface area contributed by atoms with Crippen LogP contribution < -0.4 is 5.32 Å². The van der Waals surface area contributed by atoms with Gasteiger partial charge in [-0.15, -0.1) is 0 Å². The zero-order valence-corrected chi connectivity index (χ0v) is 12.0. The Hall–Kier alpha value is -1.55. The van der Waals surface area contributed by atoms with Crippen LogP contribution in [0.5, 0.6) is 0 Å². The molecule has 0 spiro atoms. The highest BCUT2D eigenvalue weighted by Gasteiger charge is 2.19. The van der Waals surface area contributed by atoms with E-state index in [1.165, 1.54) is 0 Å². The highest BCUT2D eigenvalue weighted by Crippen LogP contribution is 2.26. The molecule has 2 rings (SSSR count). The van der Waals surface area contributed by atoms with Crippen molar-refractivity contribution in [1.29, 1.82) is 0 Å². The fourth-order valence-electron chi connectivity index (χ4n) is 1.89. The monoisotopic (exact) mass is 309 g/mol. The van der Waals surface area contributed by atoms with E-state index in [2.05, 4.69) is 5.32 Å². The second-order valence-electron chi connectivity index (χ2n) is 4.28. The lowest BCUT2D eigenvalue weighted by Crippen LogP contribution is -2.28. The van der Waals surface area contributed by atoms with Gasteiger partial charge in [-0.05, 0) is 17.2 Å². The Labute approximate surface area is 127 Å². The van der Waals surface area contributed by atoms with Gasteiger partial charge in [0.2, 0.25) is 0 Å². The van der Waals surface area contributed by atoms with Gasteiger partial charge in [-0.25, -0.2) is 0 Å². The van der Waals surface area contributed by atoms with Crippen LogP contribution >= 0.6 is 23.2 Å². The quantitative estimate of drug-likeness (QED) is 0.880. The van der Waals surface area contributed by atoms with E-state index in [1.54, 1.807) is 36.4 Å². The summed E-state index contributed by atoms with van der Waals surface area (Å²) >= 11 is 12.0. The summed E-state index contributed by atoms with van der Waals surface area (Å²) in [4.78, 5) is 11.4. The molecule has 0 heterocycles. The van der Waals surface area contributed by atoms with Crippen molar-refractivity contribution in [1.82, 2.24) is 5.32 Å². The van der Waals surface area contributed by atoms with Crippen molar-refractivity contribution in [3.05, 3.63) is 69.7 Å². The molecular weight excluding hydrogens is 297 g/mol. The number of carboxylic acids is 1. The molecule has 20 heavy (non-hydrogen) atoms. The van der Waals surface area contributed by atoms with Gasteiger partial charge in [0.05, 0.1) is 10.0 Å². The number of benzene rings is 2. The first-order valence-electron chi connectivity index (χ1n) is 6.03. The standard InChI is InChI=1S/C15H13Cl2NO2/c16-12-8-4-7-11(13(12)17)9-18-14(15(19)20)10-5-2-1-3-6-10/h1-8,14,18H,9H2,(H,19,20). The topological polar surface area (TPSA) is 49.3 Å². The van der Waals surface area contributed by atoms with Gasteiger partial charge < -0.3 is 5.11 Å². The molecule has 0 aliphatic rings. The highest BCUT2D eigenvalue weighted by atomic mass is 35.5. The first kappa shape index (κ1) is 14.9. The summed E-state index contributed by atoms with van der Waals surface area (Å²) in [6, 6.07) is 13.5. The summed E-state index contributed by atoms with van der Waals surface area (Å²) in [5.74, 6) is -0.936. The second-order valence-corrected chi connectivity index (χ2v) is 5.06. The number of carbonyl (C=O) groups is 1. The minimum absolute atomic E-state index is 0.325. The third-order valence-electron chi connectivity index (χ3n) is 2.91. The van der Waals surface area contributed by atoms with Crippen molar-refractivity contribution in [2.45, 2.75) is 12.6 Å². The molecule has 0 saturated carbocycles. The van der Waals surface area contributed by atoms with E-state index in [1.807, 2.05) is 12.1 Å². The minimum atomic E-state index is -0.936. The highest BCUT2D eigenvalue weighted by molar-refractivity contribution is 6.42. The zero-order valence-electron chi connectivity index (χ0n) is 10.5. The van der Waals surface area contributed by atoms with Crippen LogP contribution in [-0.2, 0) is 11.3 Å². The van der Waals surface area contributed by atoms with Crippen molar-refractivity contribution < 1.29 is 9.90 Å². The summed E-state index contributed by atoms with van der Waals surface area (Å²) in [5, 5.41) is 13.2. The van der Waals surface area contributed by atoms with E-state index in [0.717, 1.165) is 5.56 Å². The van der Waals surface area contributed by atoms with Gasteiger partial charge in [-0.2, -0.15) is 0 Å². The Morgan fingerprint density at radius 1 is 1.10 bits per heavy atom. The van der Waals surface area contributed by atoms with Crippen LogP contribution in [0.2, 0.25) is 10.0 Å². The van der Waals surface area contributed by atoms with Gasteiger partial charge in [0.15, 0.2) is 0 Å². The Bertz CT molecular complexity index is 602. The molecule has 5 heteroatoms. The molecule has 1 atom stereocenters. The molecular formula is C15H13Cl2NO2. The lowest BCUT2D eigenvalue weighted by molar-refractivity contribution is -0.139. The fourth-order valence-corrected chi connectivity index (χ4v) is 2.28. The van der Waals surface area contributed by atoms with Crippen molar-refractivity contribution in [2.75, 3.05) is 0 Å². The molecule has 2 aromatic carbocycles. The van der Waals surface area contributed by atoms with Gasteiger partial charge in [-0.3, -0.25) is 10.1 Å². The predicted octanol–water partition coefficient (Wildman–Crippen LogP) is 3.91. The number of aliphatic carboxylic acids is 1. The van der Waals surface area contributed by atoms with Crippen LogP contribution in [0.15, 0.2) is 48.5 Å². The summed E-state index contributed by atoms with van der Waals surface area (Å²) in [7, 11) is 0. The molecule has 1 unspecified atom stereocenters. The zero-order chi connectivity index (χ0) is 14.5. The van der Waals surface area contributed by atoms with E-state index < -0.39 is 12.0 Å². The number of carboxylic acid groups (broad SMARTS) is 1. The van der Waals surface area contributed by atoms with E-state index in [-0.39, 0.29) is 0 Å². The molecule has 0 saturated heterocycles. The summed E-state index contributed by atoms with van der Waals surface area (Å²) in [6.45, 7) is 0.325. The van der Waals surface area contributed by atoms with Gasteiger partial charge in [0, 0.05) is 6.54 Å². The molecule has 0 amide bonds. The third-order valence-corrected chi connectivity index (χ3v) is 3.77. The van der Waals surface area contributed by atoms with Crippen molar-refractivity contribution in [2.24, 2.45) is 0 Å².